The van der Waals surface area contributed by atoms with Gasteiger partial charge in [0.1, 0.15) is 11.2 Å². The van der Waals surface area contributed by atoms with Crippen LogP contribution in [0.2, 0.25) is 0 Å². The summed E-state index contributed by atoms with van der Waals surface area (Å²) >= 11 is 1.46. The summed E-state index contributed by atoms with van der Waals surface area (Å²) in [5.41, 5.74) is 2.76. The number of anilines is 2. The first kappa shape index (κ1) is 20.4. The van der Waals surface area contributed by atoms with Crippen molar-refractivity contribution in [3.63, 3.8) is 0 Å². The Kier molecular flexibility index (Phi) is 6.73. The summed E-state index contributed by atoms with van der Waals surface area (Å²) in [4.78, 5) is 26.1. The molecule has 2 aromatic carbocycles. The minimum Gasteiger partial charge on any atom is -0.326 e. The van der Waals surface area contributed by atoms with Gasteiger partial charge < -0.3 is 5.32 Å². The number of hydrogen-bond donors (Lipinski definition) is 1. The van der Waals surface area contributed by atoms with Crippen molar-refractivity contribution in [3.8, 4) is 0 Å². The van der Waals surface area contributed by atoms with E-state index in [9.17, 15) is 14.0 Å². The topological polar surface area (TPSA) is 49.4 Å². The van der Waals surface area contributed by atoms with E-state index in [-0.39, 0.29) is 17.2 Å². The Balaban J connectivity index is 1.81. The van der Waals surface area contributed by atoms with E-state index in [4.69, 9.17) is 0 Å². The fourth-order valence-corrected chi connectivity index (χ4v) is 4.43. The van der Waals surface area contributed by atoms with Crippen molar-refractivity contribution < 1.29 is 14.0 Å². The van der Waals surface area contributed by atoms with Crippen molar-refractivity contribution in [1.82, 2.24) is 0 Å². The number of halogens is 1. The number of hydrogen-bond acceptors (Lipinski definition) is 3. The average molecular weight is 401 g/mol. The molecule has 1 fully saturated rings. The molecular formula is C22H25FN2O2S. The van der Waals surface area contributed by atoms with E-state index >= 15 is 0 Å². The second-order valence-corrected chi connectivity index (χ2v) is 8.08. The smallest absolute Gasteiger partial charge is 0.238 e. The van der Waals surface area contributed by atoms with Crippen molar-refractivity contribution in [2.24, 2.45) is 0 Å². The van der Waals surface area contributed by atoms with Crippen molar-refractivity contribution in [3.05, 3.63) is 59.4 Å². The van der Waals surface area contributed by atoms with E-state index in [1.54, 1.807) is 12.1 Å². The first-order valence-electron chi connectivity index (χ1n) is 9.59. The molecule has 0 radical (unpaired) electrons. The normalized spacial score (nSPS) is 16.5. The highest BCUT2D eigenvalue weighted by Gasteiger charge is 2.35. The Bertz CT molecular complexity index is 871. The SMILES string of the molecule is CCCCCC(=O)Nc1cccc([C@@H]2SCC(=O)N2c2cc(C)ccc2F)c1. The Hall–Kier alpha value is -2.34. The molecule has 0 aliphatic carbocycles. The number of nitrogens with one attached hydrogen (secondary N) is 1. The highest BCUT2D eigenvalue weighted by atomic mass is 32.2. The van der Waals surface area contributed by atoms with Gasteiger partial charge in [0.15, 0.2) is 0 Å². The number of carbonyl (C=O) groups excluding carboxylic acids is 2. The van der Waals surface area contributed by atoms with Crippen LogP contribution < -0.4 is 10.2 Å². The molecule has 1 aliphatic heterocycles. The quantitative estimate of drug-likeness (QED) is 0.630. The molecule has 0 unspecified atom stereocenters. The number of amides is 2. The van der Waals surface area contributed by atoms with Gasteiger partial charge in [0.25, 0.3) is 0 Å². The van der Waals surface area contributed by atoms with Gasteiger partial charge in [-0.05, 0) is 48.7 Å². The van der Waals surface area contributed by atoms with Crippen molar-refractivity contribution in [2.75, 3.05) is 16.0 Å². The number of unbranched alkanes of at least 4 members (excludes halogenated alkanes) is 2. The van der Waals surface area contributed by atoms with Crippen LogP contribution in [-0.4, -0.2) is 17.6 Å². The van der Waals surface area contributed by atoms with Crippen LogP contribution in [0.25, 0.3) is 0 Å². The van der Waals surface area contributed by atoms with Gasteiger partial charge in [0.05, 0.1) is 11.4 Å². The van der Waals surface area contributed by atoms with Gasteiger partial charge in [-0.1, -0.05) is 38.0 Å². The molecule has 3 rings (SSSR count). The molecule has 1 atom stereocenters. The molecule has 0 bridgehead atoms. The molecular weight excluding hydrogens is 375 g/mol. The summed E-state index contributed by atoms with van der Waals surface area (Å²) in [7, 11) is 0. The highest BCUT2D eigenvalue weighted by Crippen LogP contribution is 2.43. The molecule has 28 heavy (non-hydrogen) atoms. The largest absolute Gasteiger partial charge is 0.326 e. The van der Waals surface area contributed by atoms with Crippen LogP contribution >= 0.6 is 11.8 Å². The summed E-state index contributed by atoms with van der Waals surface area (Å²) in [5, 5.41) is 2.61. The van der Waals surface area contributed by atoms with Gasteiger partial charge in [-0.2, -0.15) is 0 Å². The first-order valence-corrected chi connectivity index (χ1v) is 10.6. The molecule has 148 valence electrons. The molecule has 1 heterocycles. The molecule has 2 aromatic rings. The molecule has 2 amide bonds. The maximum atomic E-state index is 14.4. The fourth-order valence-electron chi connectivity index (χ4n) is 3.27. The lowest BCUT2D eigenvalue weighted by Gasteiger charge is -2.25. The van der Waals surface area contributed by atoms with E-state index in [1.165, 1.54) is 22.7 Å². The predicted octanol–water partition coefficient (Wildman–Crippen LogP) is 5.43. The zero-order valence-corrected chi connectivity index (χ0v) is 17.0. The van der Waals surface area contributed by atoms with Crippen LogP contribution in [0.3, 0.4) is 0 Å². The molecule has 0 spiro atoms. The molecule has 1 N–H and O–H groups in total. The zero-order valence-electron chi connectivity index (χ0n) is 16.2. The van der Waals surface area contributed by atoms with Crippen molar-refractivity contribution in [2.45, 2.75) is 44.9 Å². The van der Waals surface area contributed by atoms with Crippen LogP contribution in [0.1, 0.15) is 49.1 Å². The Labute approximate surface area is 169 Å². The highest BCUT2D eigenvalue weighted by molar-refractivity contribution is 8.00. The van der Waals surface area contributed by atoms with Crippen molar-refractivity contribution in [1.29, 1.82) is 0 Å². The lowest BCUT2D eigenvalue weighted by Crippen LogP contribution is -2.28. The van der Waals surface area contributed by atoms with Crippen LogP contribution in [0.5, 0.6) is 0 Å². The molecule has 4 nitrogen and oxygen atoms in total. The zero-order chi connectivity index (χ0) is 20.1. The third kappa shape index (κ3) is 4.73. The Morgan fingerprint density at radius 2 is 2.07 bits per heavy atom. The van der Waals surface area contributed by atoms with E-state index in [0.29, 0.717) is 23.5 Å². The minimum absolute atomic E-state index is 0.0117. The number of rotatable bonds is 7. The van der Waals surface area contributed by atoms with Gasteiger partial charge in [-0.15, -0.1) is 11.8 Å². The number of nitrogens with zero attached hydrogens (tertiary/aromatic N) is 1. The van der Waals surface area contributed by atoms with Gasteiger partial charge in [-0.3, -0.25) is 14.5 Å². The van der Waals surface area contributed by atoms with E-state index in [2.05, 4.69) is 12.2 Å². The lowest BCUT2D eigenvalue weighted by atomic mass is 10.1. The predicted molar refractivity (Wildman–Crippen MR) is 113 cm³/mol. The Morgan fingerprint density at radius 3 is 2.86 bits per heavy atom. The summed E-state index contributed by atoms with van der Waals surface area (Å²) in [5.74, 6) is -0.242. The number of thioether (sulfide) groups is 1. The average Bonchev–Trinajstić information content (AvgIpc) is 3.05. The molecule has 0 aromatic heterocycles. The van der Waals surface area contributed by atoms with Gasteiger partial charge in [-0.25, -0.2) is 4.39 Å². The third-order valence-electron chi connectivity index (χ3n) is 4.69. The minimum atomic E-state index is -0.410. The summed E-state index contributed by atoms with van der Waals surface area (Å²) in [6.45, 7) is 3.98. The van der Waals surface area contributed by atoms with E-state index in [0.717, 1.165) is 30.4 Å². The summed E-state index contributed by atoms with van der Waals surface area (Å²) in [6, 6.07) is 12.2. The maximum Gasteiger partial charge on any atom is 0.238 e. The number of aryl methyl sites for hydroxylation is 1. The first-order chi connectivity index (χ1) is 13.5. The maximum absolute atomic E-state index is 14.4. The monoisotopic (exact) mass is 400 g/mol. The summed E-state index contributed by atoms with van der Waals surface area (Å²) < 4.78 is 14.4. The Morgan fingerprint density at radius 1 is 1.25 bits per heavy atom. The second-order valence-electron chi connectivity index (χ2n) is 7.01. The van der Waals surface area contributed by atoms with Crippen LogP contribution in [0, 0.1) is 12.7 Å². The van der Waals surface area contributed by atoms with Gasteiger partial charge >= 0.3 is 0 Å². The van der Waals surface area contributed by atoms with E-state index < -0.39 is 5.82 Å². The van der Waals surface area contributed by atoms with Gasteiger partial charge in [0.2, 0.25) is 11.8 Å². The molecule has 0 saturated carbocycles. The van der Waals surface area contributed by atoms with Crippen molar-refractivity contribution >= 4 is 35.0 Å². The van der Waals surface area contributed by atoms with Crippen LogP contribution in [-0.2, 0) is 9.59 Å². The lowest BCUT2D eigenvalue weighted by molar-refractivity contribution is -0.117. The van der Waals surface area contributed by atoms with E-state index in [1.807, 2.05) is 31.2 Å². The van der Waals surface area contributed by atoms with Crippen LogP contribution in [0.15, 0.2) is 42.5 Å². The third-order valence-corrected chi connectivity index (χ3v) is 5.90. The number of benzene rings is 2. The second kappa shape index (κ2) is 9.24. The van der Waals surface area contributed by atoms with Gasteiger partial charge in [0, 0.05) is 12.1 Å². The molecule has 1 saturated heterocycles. The molecule has 6 heteroatoms. The molecule has 1 aliphatic rings. The van der Waals surface area contributed by atoms with Crippen LogP contribution in [0.4, 0.5) is 15.8 Å². The fraction of sp³-hybridized carbons (Fsp3) is 0.364. The standard InChI is InChI=1S/C22H25FN2O2S/c1-3-4-5-9-20(26)24-17-8-6-7-16(13-17)22-25(21(27)14-28-22)19-12-15(2)10-11-18(19)23/h6-8,10-13,22H,3-5,9,14H2,1-2H3,(H,24,26)/t22-/m0/s1. The summed E-state index contributed by atoms with van der Waals surface area (Å²) in [6.07, 6.45) is 3.47. The number of carbonyl (C=O) groups is 2.